The molecule has 2 amide bonds. The predicted molar refractivity (Wildman–Crippen MR) is 90.7 cm³/mol. The third-order valence-electron chi connectivity index (χ3n) is 3.14. The van der Waals surface area contributed by atoms with Crippen LogP contribution < -0.4 is 22.1 Å². The molecule has 0 aliphatic rings. The molecule has 7 heteroatoms. The Balaban J connectivity index is 1.91. The zero-order valence-corrected chi connectivity index (χ0v) is 13.1. The van der Waals surface area contributed by atoms with Crippen LogP contribution >= 0.6 is 11.6 Å². The molecule has 0 spiro atoms. The van der Waals surface area contributed by atoms with Crippen molar-refractivity contribution in [1.82, 2.24) is 5.32 Å². The van der Waals surface area contributed by atoms with E-state index in [1.165, 1.54) is 6.07 Å². The van der Waals surface area contributed by atoms with Gasteiger partial charge in [0.2, 0.25) is 0 Å². The summed E-state index contributed by atoms with van der Waals surface area (Å²) in [6.07, 6.45) is 0. The van der Waals surface area contributed by atoms with Gasteiger partial charge in [0, 0.05) is 18.8 Å². The third kappa shape index (κ3) is 4.70. The van der Waals surface area contributed by atoms with E-state index in [1.807, 2.05) is 24.3 Å². The number of amides is 2. The van der Waals surface area contributed by atoms with E-state index >= 15 is 0 Å². The molecule has 6 N–H and O–H groups in total. The molecule has 6 nitrogen and oxygen atoms in total. The van der Waals surface area contributed by atoms with Crippen molar-refractivity contribution in [1.29, 1.82) is 0 Å². The van der Waals surface area contributed by atoms with Crippen LogP contribution in [0.25, 0.3) is 0 Å². The number of benzene rings is 2. The van der Waals surface area contributed by atoms with Crippen molar-refractivity contribution in [3.05, 3.63) is 58.6 Å². The van der Waals surface area contributed by atoms with Gasteiger partial charge in [-0.25, -0.2) is 0 Å². The van der Waals surface area contributed by atoms with E-state index in [0.717, 1.165) is 11.1 Å². The van der Waals surface area contributed by atoms with E-state index in [4.69, 9.17) is 23.1 Å². The van der Waals surface area contributed by atoms with Crippen molar-refractivity contribution in [3.63, 3.8) is 0 Å². The second-order valence-electron chi connectivity index (χ2n) is 4.90. The van der Waals surface area contributed by atoms with Gasteiger partial charge in [0.1, 0.15) is 0 Å². The molecule has 23 heavy (non-hydrogen) atoms. The predicted octanol–water partition coefficient (Wildman–Crippen LogP) is 1.64. The van der Waals surface area contributed by atoms with E-state index in [0.29, 0.717) is 22.9 Å². The molecule has 0 atom stereocenters. The lowest BCUT2D eigenvalue weighted by Crippen LogP contribution is -2.35. The van der Waals surface area contributed by atoms with Crippen LogP contribution in [-0.4, -0.2) is 11.8 Å². The number of anilines is 2. The smallest absolute Gasteiger partial charge is 0.313 e. The van der Waals surface area contributed by atoms with Crippen molar-refractivity contribution < 1.29 is 9.59 Å². The molecular weight excluding hydrogens is 316 g/mol. The molecular formula is C16H17ClN4O2. The SMILES string of the molecule is NCc1cccc(CNC(=O)C(=O)Nc2ccc(N)c(Cl)c2)c1. The van der Waals surface area contributed by atoms with Gasteiger partial charge in [-0.2, -0.15) is 0 Å². The van der Waals surface area contributed by atoms with Gasteiger partial charge in [-0.1, -0.05) is 35.9 Å². The monoisotopic (exact) mass is 332 g/mol. The van der Waals surface area contributed by atoms with Gasteiger partial charge in [-0.3, -0.25) is 9.59 Å². The van der Waals surface area contributed by atoms with Crippen LogP contribution in [-0.2, 0) is 22.7 Å². The topological polar surface area (TPSA) is 110 Å². The first-order chi connectivity index (χ1) is 11.0. The average Bonchev–Trinajstić information content (AvgIpc) is 2.56. The Labute approximate surface area is 138 Å². The van der Waals surface area contributed by atoms with Crippen molar-refractivity contribution in [2.24, 2.45) is 5.73 Å². The van der Waals surface area contributed by atoms with Gasteiger partial charge in [0.15, 0.2) is 0 Å². The van der Waals surface area contributed by atoms with Crippen LogP contribution in [0, 0.1) is 0 Å². The molecule has 2 rings (SSSR count). The van der Waals surface area contributed by atoms with Crippen molar-refractivity contribution in [2.45, 2.75) is 13.1 Å². The lowest BCUT2D eigenvalue weighted by Gasteiger charge is -2.08. The Morgan fingerprint density at radius 3 is 2.48 bits per heavy atom. The zero-order chi connectivity index (χ0) is 16.8. The fraction of sp³-hybridized carbons (Fsp3) is 0.125. The lowest BCUT2D eigenvalue weighted by molar-refractivity contribution is -0.136. The summed E-state index contributed by atoms with van der Waals surface area (Å²) in [5, 5.41) is 5.31. The highest BCUT2D eigenvalue weighted by atomic mass is 35.5. The Bertz CT molecular complexity index is 734. The summed E-state index contributed by atoms with van der Waals surface area (Å²) in [5.41, 5.74) is 13.8. The first-order valence-electron chi connectivity index (χ1n) is 6.91. The van der Waals surface area contributed by atoms with E-state index in [9.17, 15) is 9.59 Å². The molecule has 120 valence electrons. The quantitative estimate of drug-likeness (QED) is 0.504. The number of carbonyl (C=O) groups excluding carboxylic acids is 2. The van der Waals surface area contributed by atoms with Crippen LogP contribution in [0.15, 0.2) is 42.5 Å². The summed E-state index contributed by atoms with van der Waals surface area (Å²) in [6.45, 7) is 0.656. The van der Waals surface area contributed by atoms with Gasteiger partial charge in [0.25, 0.3) is 0 Å². The van der Waals surface area contributed by atoms with Crippen LogP contribution in [0.1, 0.15) is 11.1 Å². The first-order valence-corrected chi connectivity index (χ1v) is 7.29. The number of hydrogen-bond donors (Lipinski definition) is 4. The number of hydrogen-bond acceptors (Lipinski definition) is 4. The molecule has 0 saturated carbocycles. The standard InChI is InChI=1S/C16H17ClN4O2/c17-13-7-12(4-5-14(13)19)21-16(23)15(22)20-9-11-3-1-2-10(6-11)8-18/h1-7H,8-9,18-19H2,(H,20,22)(H,21,23). The maximum Gasteiger partial charge on any atom is 0.313 e. The van der Waals surface area contributed by atoms with Gasteiger partial charge in [0.05, 0.1) is 10.7 Å². The average molecular weight is 333 g/mol. The highest BCUT2D eigenvalue weighted by Crippen LogP contribution is 2.22. The minimum atomic E-state index is -0.777. The van der Waals surface area contributed by atoms with Crippen molar-refractivity contribution in [2.75, 3.05) is 11.1 Å². The van der Waals surface area contributed by atoms with E-state index in [-0.39, 0.29) is 6.54 Å². The lowest BCUT2D eigenvalue weighted by atomic mass is 10.1. The number of nitrogen functional groups attached to an aromatic ring is 1. The van der Waals surface area contributed by atoms with Gasteiger partial charge >= 0.3 is 11.8 Å². The highest BCUT2D eigenvalue weighted by Gasteiger charge is 2.13. The minimum absolute atomic E-state index is 0.239. The molecule has 0 aliphatic carbocycles. The number of carbonyl (C=O) groups is 2. The molecule has 0 aliphatic heterocycles. The summed E-state index contributed by atoms with van der Waals surface area (Å²) >= 11 is 5.86. The molecule has 0 unspecified atom stereocenters. The summed E-state index contributed by atoms with van der Waals surface area (Å²) in [6, 6.07) is 12.1. The Morgan fingerprint density at radius 2 is 1.78 bits per heavy atom. The maximum atomic E-state index is 11.8. The second kappa shape index (κ2) is 7.62. The fourth-order valence-electron chi connectivity index (χ4n) is 1.92. The van der Waals surface area contributed by atoms with E-state index in [2.05, 4.69) is 10.6 Å². The van der Waals surface area contributed by atoms with Crippen LogP contribution in [0.4, 0.5) is 11.4 Å². The zero-order valence-electron chi connectivity index (χ0n) is 12.3. The largest absolute Gasteiger partial charge is 0.398 e. The molecule has 2 aromatic carbocycles. The van der Waals surface area contributed by atoms with Gasteiger partial charge in [-0.05, 0) is 29.3 Å². The van der Waals surface area contributed by atoms with Gasteiger partial charge in [-0.15, -0.1) is 0 Å². The van der Waals surface area contributed by atoms with E-state index in [1.54, 1.807) is 12.1 Å². The number of rotatable bonds is 4. The molecule has 0 saturated heterocycles. The molecule has 0 fully saturated rings. The van der Waals surface area contributed by atoms with Gasteiger partial charge < -0.3 is 22.1 Å². The fourth-order valence-corrected chi connectivity index (χ4v) is 2.10. The van der Waals surface area contributed by atoms with Crippen LogP contribution in [0.5, 0.6) is 0 Å². The summed E-state index contributed by atoms with van der Waals surface area (Å²) in [5.74, 6) is -1.52. The third-order valence-corrected chi connectivity index (χ3v) is 3.47. The summed E-state index contributed by atoms with van der Waals surface area (Å²) in [4.78, 5) is 23.7. The summed E-state index contributed by atoms with van der Waals surface area (Å²) < 4.78 is 0. The molecule has 2 aromatic rings. The Morgan fingerprint density at radius 1 is 1.04 bits per heavy atom. The molecule has 0 aromatic heterocycles. The van der Waals surface area contributed by atoms with Crippen molar-refractivity contribution in [3.8, 4) is 0 Å². The first kappa shape index (κ1) is 16.8. The highest BCUT2D eigenvalue weighted by molar-refractivity contribution is 6.40. The molecule has 0 radical (unpaired) electrons. The second-order valence-corrected chi connectivity index (χ2v) is 5.30. The number of nitrogens with two attached hydrogens (primary N) is 2. The number of nitrogens with one attached hydrogen (secondary N) is 2. The van der Waals surface area contributed by atoms with Crippen molar-refractivity contribution >= 4 is 34.8 Å². The normalized spacial score (nSPS) is 10.2. The Hall–Kier alpha value is -2.57. The minimum Gasteiger partial charge on any atom is -0.398 e. The maximum absolute atomic E-state index is 11.8. The molecule has 0 bridgehead atoms. The number of halogens is 1. The van der Waals surface area contributed by atoms with E-state index < -0.39 is 11.8 Å². The molecule has 0 heterocycles. The van der Waals surface area contributed by atoms with Crippen LogP contribution in [0.2, 0.25) is 5.02 Å². The Kier molecular flexibility index (Phi) is 5.56. The summed E-state index contributed by atoms with van der Waals surface area (Å²) in [7, 11) is 0. The van der Waals surface area contributed by atoms with Crippen LogP contribution in [0.3, 0.4) is 0 Å².